The number of carbonyl (C=O) groups excluding carboxylic acids is 1. The second kappa shape index (κ2) is 8.72. The molecule has 162 valence electrons. The summed E-state index contributed by atoms with van der Waals surface area (Å²) in [6.45, 7) is 3.93. The van der Waals surface area contributed by atoms with Crippen molar-refractivity contribution in [2.45, 2.75) is 0 Å². The summed E-state index contributed by atoms with van der Waals surface area (Å²) >= 11 is 0. The number of fused-ring (bicyclic) bond motifs is 1. The fraction of sp³-hybridized carbons (Fsp3) is 0.0800. The van der Waals surface area contributed by atoms with E-state index in [1.807, 2.05) is 30.3 Å². The maximum Gasteiger partial charge on any atom is 0.270 e. The van der Waals surface area contributed by atoms with E-state index in [0.717, 1.165) is 4.31 Å². The fourth-order valence-electron chi connectivity index (χ4n) is 3.61. The van der Waals surface area contributed by atoms with E-state index in [2.05, 4.69) is 11.9 Å². The average molecular weight is 447 g/mol. The van der Waals surface area contributed by atoms with Gasteiger partial charge in [-0.1, -0.05) is 67.3 Å². The van der Waals surface area contributed by atoms with Crippen LogP contribution >= 0.6 is 0 Å². The van der Waals surface area contributed by atoms with E-state index < -0.39 is 15.9 Å². The number of benzene rings is 3. The van der Waals surface area contributed by atoms with Crippen molar-refractivity contribution in [1.29, 1.82) is 0 Å². The third kappa shape index (κ3) is 3.90. The lowest BCUT2D eigenvalue weighted by Crippen LogP contribution is -2.37. The zero-order valence-corrected chi connectivity index (χ0v) is 18.3. The molecule has 32 heavy (non-hydrogen) atoms. The highest BCUT2D eigenvalue weighted by Gasteiger charge is 2.39. The summed E-state index contributed by atoms with van der Waals surface area (Å²) < 4.78 is 33.6. The molecule has 7 heteroatoms. The molecule has 0 atom stereocenters. The largest absolute Gasteiger partial charge is 0.489 e. The molecule has 1 heterocycles. The normalized spacial score (nSPS) is 14.5. The third-order valence-electron chi connectivity index (χ3n) is 5.09. The van der Waals surface area contributed by atoms with E-state index in [0.29, 0.717) is 40.4 Å². The number of para-hydroxylation sites is 1. The SMILES string of the molecule is C=CCOc1cccc(NC(=O)C2=C(c3ccccc3)c3ccccc3N(C)S2(=O)=O)c1. The molecule has 0 radical (unpaired) electrons. The topological polar surface area (TPSA) is 75.7 Å². The number of amides is 1. The van der Waals surface area contributed by atoms with Gasteiger partial charge in [-0.05, 0) is 23.8 Å². The van der Waals surface area contributed by atoms with Crippen LogP contribution in [0.3, 0.4) is 0 Å². The van der Waals surface area contributed by atoms with E-state index in [-0.39, 0.29) is 4.91 Å². The summed E-state index contributed by atoms with van der Waals surface area (Å²) in [4.78, 5) is 13.1. The van der Waals surface area contributed by atoms with Gasteiger partial charge in [0.1, 0.15) is 12.4 Å². The molecule has 3 aromatic carbocycles. The predicted octanol–water partition coefficient (Wildman–Crippen LogP) is 4.43. The van der Waals surface area contributed by atoms with Crippen LogP contribution < -0.4 is 14.4 Å². The number of anilines is 2. The van der Waals surface area contributed by atoms with Gasteiger partial charge < -0.3 is 10.1 Å². The van der Waals surface area contributed by atoms with Crippen molar-refractivity contribution in [2.75, 3.05) is 23.3 Å². The Morgan fingerprint density at radius 3 is 2.50 bits per heavy atom. The minimum absolute atomic E-state index is 0.303. The molecule has 0 aromatic heterocycles. The van der Waals surface area contributed by atoms with Gasteiger partial charge in [-0.2, -0.15) is 0 Å². The molecule has 1 N–H and O–H groups in total. The highest BCUT2D eigenvalue weighted by molar-refractivity contribution is 7.97. The van der Waals surface area contributed by atoms with Gasteiger partial charge in [0.05, 0.1) is 5.69 Å². The fourth-order valence-corrected chi connectivity index (χ4v) is 5.07. The molecule has 4 rings (SSSR count). The summed E-state index contributed by atoms with van der Waals surface area (Å²) in [5.41, 5.74) is 2.63. The molecule has 1 aliphatic rings. The van der Waals surface area contributed by atoms with Crippen LogP contribution in [0.2, 0.25) is 0 Å². The monoisotopic (exact) mass is 446 g/mol. The van der Waals surface area contributed by atoms with Crippen molar-refractivity contribution < 1.29 is 17.9 Å². The van der Waals surface area contributed by atoms with Crippen molar-refractivity contribution in [3.05, 3.63) is 108 Å². The van der Waals surface area contributed by atoms with Gasteiger partial charge in [0, 0.05) is 29.9 Å². The number of hydrogen-bond acceptors (Lipinski definition) is 4. The van der Waals surface area contributed by atoms with Crippen LogP contribution in [0, 0.1) is 0 Å². The molecule has 0 saturated carbocycles. The second-order valence-electron chi connectivity index (χ2n) is 7.14. The molecule has 0 aliphatic carbocycles. The Kier molecular flexibility index (Phi) is 5.83. The lowest BCUT2D eigenvalue weighted by atomic mass is 9.95. The van der Waals surface area contributed by atoms with Crippen LogP contribution in [0.15, 0.2) is 96.4 Å². The van der Waals surface area contributed by atoms with E-state index >= 15 is 0 Å². The molecular formula is C25H22N2O4S. The molecule has 0 saturated heterocycles. The van der Waals surface area contributed by atoms with Crippen LogP contribution in [0.4, 0.5) is 11.4 Å². The Balaban J connectivity index is 1.86. The zero-order valence-electron chi connectivity index (χ0n) is 17.5. The number of hydrogen-bond donors (Lipinski definition) is 1. The third-order valence-corrected chi connectivity index (χ3v) is 6.91. The number of sulfonamides is 1. The molecule has 0 spiro atoms. The van der Waals surface area contributed by atoms with Crippen LogP contribution in [0.5, 0.6) is 5.75 Å². The minimum Gasteiger partial charge on any atom is -0.489 e. The Labute approximate surface area is 187 Å². The van der Waals surface area contributed by atoms with E-state index in [1.54, 1.807) is 54.6 Å². The van der Waals surface area contributed by atoms with Crippen molar-refractivity contribution in [3.8, 4) is 5.75 Å². The van der Waals surface area contributed by atoms with Crippen LogP contribution in [0.25, 0.3) is 5.57 Å². The first kappa shape index (κ1) is 21.4. The van der Waals surface area contributed by atoms with E-state index in [1.165, 1.54) is 7.05 Å². The van der Waals surface area contributed by atoms with Crippen molar-refractivity contribution in [1.82, 2.24) is 0 Å². The summed E-state index contributed by atoms with van der Waals surface area (Å²) in [6.07, 6.45) is 1.62. The Bertz CT molecular complexity index is 1310. The summed E-state index contributed by atoms with van der Waals surface area (Å²) in [7, 11) is -2.65. The number of nitrogens with zero attached hydrogens (tertiary/aromatic N) is 1. The van der Waals surface area contributed by atoms with Crippen LogP contribution in [-0.4, -0.2) is 28.0 Å². The molecule has 3 aromatic rings. The maximum absolute atomic E-state index is 13.5. The van der Waals surface area contributed by atoms with Gasteiger partial charge in [0.15, 0.2) is 4.91 Å². The number of rotatable bonds is 6. The standard InChI is InChI=1S/C25H22N2O4S/c1-3-16-31-20-13-9-12-19(17-20)26-25(28)24-23(18-10-5-4-6-11-18)21-14-7-8-15-22(21)27(2)32(24,29)30/h3-15,17H,1,16H2,2H3,(H,26,28). The first-order chi connectivity index (χ1) is 15.4. The zero-order chi connectivity index (χ0) is 22.7. The molecule has 0 bridgehead atoms. The first-order valence-electron chi connectivity index (χ1n) is 9.96. The van der Waals surface area contributed by atoms with Gasteiger partial charge in [-0.25, -0.2) is 8.42 Å². The lowest BCUT2D eigenvalue weighted by Gasteiger charge is -2.30. The Hall–Kier alpha value is -3.84. The maximum atomic E-state index is 13.5. The van der Waals surface area contributed by atoms with E-state index in [9.17, 15) is 13.2 Å². The molecule has 1 amide bonds. The Morgan fingerprint density at radius 2 is 1.75 bits per heavy atom. The average Bonchev–Trinajstić information content (AvgIpc) is 2.80. The van der Waals surface area contributed by atoms with Gasteiger partial charge in [-0.3, -0.25) is 9.10 Å². The van der Waals surface area contributed by atoms with Gasteiger partial charge in [0.2, 0.25) is 0 Å². The number of carbonyl (C=O) groups is 1. The van der Waals surface area contributed by atoms with Crippen molar-refractivity contribution in [3.63, 3.8) is 0 Å². The molecular weight excluding hydrogens is 424 g/mol. The van der Waals surface area contributed by atoms with Crippen LogP contribution in [0.1, 0.15) is 11.1 Å². The Morgan fingerprint density at radius 1 is 1.03 bits per heavy atom. The van der Waals surface area contributed by atoms with Gasteiger partial charge in [0.25, 0.3) is 15.9 Å². The molecule has 6 nitrogen and oxygen atoms in total. The van der Waals surface area contributed by atoms with Gasteiger partial charge in [-0.15, -0.1) is 0 Å². The minimum atomic E-state index is -4.10. The second-order valence-corrected chi connectivity index (χ2v) is 9.05. The first-order valence-corrected chi connectivity index (χ1v) is 11.4. The predicted molar refractivity (Wildman–Crippen MR) is 127 cm³/mol. The highest BCUT2D eigenvalue weighted by Crippen LogP contribution is 2.42. The lowest BCUT2D eigenvalue weighted by molar-refractivity contribution is -0.112. The summed E-state index contributed by atoms with van der Waals surface area (Å²) in [5.74, 6) is -0.181. The molecule has 1 aliphatic heterocycles. The number of nitrogens with one attached hydrogen (secondary N) is 1. The summed E-state index contributed by atoms with van der Waals surface area (Å²) in [6, 6.07) is 23.0. The van der Waals surface area contributed by atoms with Crippen molar-refractivity contribution in [2.24, 2.45) is 0 Å². The molecule has 0 unspecified atom stereocenters. The number of ether oxygens (including phenoxy) is 1. The smallest absolute Gasteiger partial charge is 0.270 e. The highest BCUT2D eigenvalue weighted by atomic mass is 32.2. The quantitative estimate of drug-likeness (QED) is 0.569. The molecule has 0 fully saturated rings. The van der Waals surface area contributed by atoms with Crippen molar-refractivity contribution >= 4 is 32.9 Å². The van der Waals surface area contributed by atoms with Gasteiger partial charge >= 0.3 is 0 Å². The van der Waals surface area contributed by atoms with E-state index in [4.69, 9.17) is 4.74 Å². The van der Waals surface area contributed by atoms with Crippen LogP contribution in [-0.2, 0) is 14.8 Å². The summed E-state index contributed by atoms with van der Waals surface area (Å²) in [5, 5.41) is 2.73.